The third kappa shape index (κ3) is 6.13. The van der Waals surface area contributed by atoms with Crippen molar-refractivity contribution in [2.75, 3.05) is 17.2 Å². The molecule has 3 aromatic rings. The first kappa shape index (κ1) is 27.5. The molecule has 1 unspecified atom stereocenters. The Morgan fingerprint density at radius 1 is 1.00 bits per heavy atom. The molecule has 0 bridgehead atoms. The lowest BCUT2D eigenvalue weighted by atomic mass is 9.83. The molecule has 7 nitrogen and oxygen atoms in total. The highest BCUT2D eigenvalue weighted by Crippen LogP contribution is 2.42. The van der Waals surface area contributed by atoms with Gasteiger partial charge in [0.2, 0.25) is 10.0 Å². The van der Waals surface area contributed by atoms with Crippen molar-refractivity contribution < 1.29 is 22.7 Å². The van der Waals surface area contributed by atoms with Gasteiger partial charge in [-0.3, -0.25) is 9.10 Å². The standard InChI is InChI=1S/C30H36N2O5S/c1-5-30(6-2)20-27(26-10-8-9-11-28(26)37-30)31-29(33)23-14-12-22(13-15-23)21-32(38(4,34)35)24-16-18-25(19-17-24)36-7-3/h8-19,27H,5-7,20-21H2,1-4H3,(H,31,33). The maximum Gasteiger partial charge on any atom is 0.251 e. The molecular weight excluding hydrogens is 500 g/mol. The molecule has 0 saturated heterocycles. The van der Waals surface area contributed by atoms with E-state index >= 15 is 0 Å². The number of nitrogens with one attached hydrogen (secondary N) is 1. The Balaban J connectivity index is 1.50. The van der Waals surface area contributed by atoms with Crippen molar-refractivity contribution in [1.82, 2.24) is 5.32 Å². The summed E-state index contributed by atoms with van der Waals surface area (Å²) in [5, 5.41) is 3.20. The average molecular weight is 537 g/mol. The van der Waals surface area contributed by atoms with Crippen molar-refractivity contribution in [1.29, 1.82) is 0 Å². The van der Waals surface area contributed by atoms with E-state index in [9.17, 15) is 13.2 Å². The monoisotopic (exact) mass is 536 g/mol. The van der Waals surface area contributed by atoms with Crippen LogP contribution in [0.4, 0.5) is 5.69 Å². The molecule has 4 rings (SSSR count). The van der Waals surface area contributed by atoms with Crippen LogP contribution in [0, 0.1) is 0 Å². The van der Waals surface area contributed by atoms with E-state index in [1.165, 1.54) is 10.6 Å². The maximum absolute atomic E-state index is 13.2. The predicted octanol–water partition coefficient (Wildman–Crippen LogP) is 5.86. The van der Waals surface area contributed by atoms with Crippen LogP contribution in [0.2, 0.25) is 0 Å². The van der Waals surface area contributed by atoms with Gasteiger partial charge in [0.25, 0.3) is 5.91 Å². The zero-order chi connectivity index (χ0) is 27.3. The second-order valence-corrected chi connectivity index (χ2v) is 11.6. The Bertz CT molecular complexity index is 1350. The summed E-state index contributed by atoms with van der Waals surface area (Å²) in [5.74, 6) is 1.33. The average Bonchev–Trinajstić information content (AvgIpc) is 2.92. The van der Waals surface area contributed by atoms with Crippen LogP contribution in [-0.4, -0.2) is 32.8 Å². The first-order valence-corrected chi connectivity index (χ1v) is 14.9. The zero-order valence-electron chi connectivity index (χ0n) is 22.4. The van der Waals surface area contributed by atoms with Gasteiger partial charge in [0.15, 0.2) is 0 Å². The molecule has 0 radical (unpaired) electrons. The summed E-state index contributed by atoms with van der Waals surface area (Å²) in [6.07, 6.45) is 3.59. The molecule has 8 heteroatoms. The highest BCUT2D eigenvalue weighted by atomic mass is 32.2. The topological polar surface area (TPSA) is 84.9 Å². The van der Waals surface area contributed by atoms with Gasteiger partial charge < -0.3 is 14.8 Å². The summed E-state index contributed by atoms with van der Waals surface area (Å²) in [6, 6.07) is 21.7. The van der Waals surface area contributed by atoms with Gasteiger partial charge >= 0.3 is 0 Å². The normalized spacial score (nSPS) is 16.2. The highest BCUT2D eigenvalue weighted by Gasteiger charge is 2.39. The van der Waals surface area contributed by atoms with Crippen LogP contribution in [0.5, 0.6) is 11.5 Å². The summed E-state index contributed by atoms with van der Waals surface area (Å²) in [5.41, 5.74) is 2.50. The number of ether oxygens (including phenoxy) is 2. The number of nitrogens with zero attached hydrogens (tertiary/aromatic N) is 1. The minimum atomic E-state index is -3.53. The number of hydrogen-bond acceptors (Lipinski definition) is 5. The Kier molecular flexibility index (Phi) is 8.31. The summed E-state index contributed by atoms with van der Waals surface area (Å²) >= 11 is 0. The van der Waals surface area contributed by atoms with Crippen LogP contribution < -0.4 is 19.1 Å². The Hall–Kier alpha value is -3.52. The molecule has 38 heavy (non-hydrogen) atoms. The fourth-order valence-electron chi connectivity index (χ4n) is 4.87. The summed E-state index contributed by atoms with van der Waals surface area (Å²) in [6.45, 7) is 6.81. The Labute approximate surface area is 225 Å². The van der Waals surface area contributed by atoms with E-state index in [1.54, 1.807) is 48.5 Å². The number of benzene rings is 3. The third-order valence-electron chi connectivity index (χ3n) is 7.17. The van der Waals surface area contributed by atoms with Crippen LogP contribution in [-0.2, 0) is 16.6 Å². The first-order valence-electron chi connectivity index (χ1n) is 13.1. The number of para-hydroxylation sites is 1. The second kappa shape index (κ2) is 11.5. The molecule has 0 aliphatic carbocycles. The molecule has 0 fully saturated rings. The van der Waals surface area contributed by atoms with Gasteiger partial charge in [0.1, 0.15) is 17.1 Å². The number of fused-ring (bicyclic) bond motifs is 1. The minimum absolute atomic E-state index is 0.150. The number of carbonyl (C=O) groups excluding carboxylic acids is 1. The van der Waals surface area contributed by atoms with E-state index in [1.807, 2.05) is 31.2 Å². The van der Waals surface area contributed by atoms with E-state index in [-0.39, 0.29) is 24.1 Å². The van der Waals surface area contributed by atoms with Crippen molar-refractivity contribution in [3.63, 3.8) is 0 Å². The minimum Gasteiger partial charge on any atom is -0.494 e. The van der Waals surface area contributed by atoms with Crippen molar-refractivity contribution >= 4 is 21.6 Å². The summed E-state index contributed by atoms with van der Waals surface area (Å²) in [4.78, 5) is 13.2. The lowest BCUT2D eigenvalue weighted by Crippen LogP contribution is -2.44. The number of sulfonamides is 1. The van der Waals surface area contributed by atoms with Gasteiger partial charge in [-0.15, -0.1) is 0 Å². The van der Waals surface area contributed by atoms with Gasteiger partial charge in [-0.05, 0) is 67.8 Å². The lowest BCUT2D eigenvalue weighted by molar-refractivity contribution is 0.0227. The molecule has 1 aliphatic heterocycles. The summed E-state index contributed by atoms with van der Waals surface area (Å²) in [7, 11) is -3.53. The van der Waals surface area contributed by atoms with Crippen molar-refractivity contribution in [3.8, 4) is 11.5 Å². The number of anilines is 1. The van der Waals surface area contributed by atoms with Crippen LogP contribution in [0.1, 0.15) is 67.6 Å². The smallest absolute Gasteiger partial charge is 0.251 e. The molecule has 202 valence electrons. The molecule has 0 saturated carbocycles. The van der Waals surface area contributed by atoms with Crippen LogP contribution in [0.25, 0.3) is 0 Å². The molecule has 0 spiro atoms. The van der Waals surface area contributed by atoms with Gasteiger partial charge in [0.05, 0.1) is 31.1 Å². The SMILES string of the molecule is CCOc1ccc(N(Cc2ccc(C(=O)NC3CC(CC)(CC)Oc4ccccc43)cc2)S(C)(=O)=O)cc1. The number of hydrogen-bond donors (Lipinski definition) is 1. The zero-order valence-corrected chi connectivity index (χ0v) is 23.3. The fraction of sp³-hybridized carbons (Fsp3) is 0.367. The van der Waals surface area contributed by atoms with Crippen molar-refractivity contribution in [2.45, 2.75) is 58.2 Å². The van der Waals surface area contributed by atoms with E-state index in [4.69, 9.17) is 9.47 Å². The largest absolute Gasteiger partial charge is 0.494 e. The van der Waals surface area contributed by atoms with Gasteiger partial charge in [-0.2, -0.15) is 0 Å². The first-order chi connectivity index (χ1) is 18.2. The quantitative estimate of drug-likeness (QED) is 0.351. The van der Waals surface area contributed by atoms with E-state index in [2.05, 4.69) is 19.2 Å². The summed E-state index contributed by atoms with van der Waals surface area (Å²) < 4.78 is 38.3. The molecule has 1 N–H and O–H groups in total. The van der Waals surface area contributed by atoms with Crippen LogP contribution in [0.15, 0.2) is 72.8 Å². The van der Waals surface area contributed by atoms with Crippen LogP contribution >= 0.6 is 0 Å². The molecular formula is C30H36N2O5S. The predicted molar refractivity (Wildman–Crippen MR) is 150 cm³/mol. The fourth-order valence-corrected chi connectivity index (χ4v) is 5.76. The number of rotatable bonds is 10. The molecule has 3 aromatic carbocycles. The van der Waals surface area contributed by atoms with E-state index in [0.29, 0.717) is 30.0 Å². The molecule has 1 amide bonds. The molecule has 1 heterocycles. The van der Waals surface area contributed by atoms with E-state index < -0.39 is 10.0 Å². The van der Waals surface area contributed by atoms with Gasteiger partial charge in [0, 0.05) is 17.5 Å². The second-order valence-electron chi connectivity index (χ2n) is 9.65. The Morgan fingerprint density at radius 2 is 1.66 bits per heavy atom. The molecule has 1 atom stereocenters. The van der Waals surface area contributed by atoms with Crippen LogP contribution in [0.3, 0.4) is 0 Å². The third-order valence-corrected chi connectivity index (χ3v) is 8.31. The lowest BCUT2D eigenvalue weighted by Gasteiger charge is -2.41. The van der Waals surface area contributed by atoms with Gasteiger partial charge in [-0.25, -0.2) is 8.42 Å². The van der Waals surface area contributed by atoms with Gasteiger partial charge in [-0.1, -0.05) is 44.2 Å². The van der Waals surface area contributed by atoms with E-state index in [0.717, 1.165) is 29.7 Å². The van der Waals surface area contributed by atoms with Crippen molar-refractivity contribution in [2.24, 2.45) is 0 Å². The van der Waals surface area contributed by atoms with Crippen molar-refractivity contribution in [3.05, 3.63) is 89.5 Å². The maximum atomic E-state index is 13.2. The molecule has 1 aliphatic rings. The highest BCUT2D eigenvalue weighted by molar-refractivity contribution is 7.92. The Morgan fingerprint density at radius 3 is 2.26 bits per heavy atom. The number of carbonyl (C=O) groups is 1. The molecule has 0 aromatic heterocycles. The number of amides is 1.